The number of nitrogens with one attached hydrogen (secondary N) is 1. The van der Waals surface area contributed by atoms with Gasteiger partial charge in [0, 0.05) is 18.7 Å². The van der Waals surface area contributed by atoms with Gasteiger partial charge in [-0.3, -0.25) is 10.1 Å². The van der Waals surface area contributed by atoms with Gasteiger partial charge < -0.3 is 10.2 Å². The zero-order valence-electron chi connectivity index (χ0n) is 10.7. The standard InChI is InChI=1S/C12H19N3O2/c1-9-5-6-11(12(7-9)15(16)17)13-10(2)8-14(3)4/h5-7,10,13H,8H2,1-4H3. The molecule has 5 heteroatoms. The number of nitrogens with zero attached hydrogens (tertiary/aromatic N) is 2. The highest BCUT2D eigenvalue weighted by atomic mass is 16.6. The molecular weight excluding hydrogens is 218 g/mol. The summed E-state index contributed by atoms with van der Waals surface area (Å²) in [6.07, 6.45) is 0. The van der Waals surface area contributed by atoms with E-state index in [9.17, 15) is 10.1 Å². The minimum absolute atomic E-state index is 0.135. The summed E-state index contributed by atoms with van der Waals surface area (Å²) in [5.74, 6) is 0. The van der Waals surface area contributed by atoms with Crippen LogP contribution < -0.4 is 5.32 Å². The second-order valence-electron chi connectivity index (χ2n) is 4.59. The molecule has 1 unspecified atom stereocenters. The smallest absolute Gasteiger partial charge is 0.292 e. The zero-order valence-corrected chi connectivity index (χ0v) is 10.7. The van der Waals surface area contributed by atoms with Gasteiger partial charge in [-0.25, -0.2) is 0 Å². The number of benzene rings is 1. The summed E-state index contributed by atoms with van der Waals surface area (Å²) in [5.41, 5.74) is 1.60. The third kappa shape index (κ3) is 4.03. The number of rotatable bonds is 5. The second kappa shape index (κ2) is 5.63. The highest BCUT2D eigenvalue weighted by molar-refractivity contribution is 5.62. The fourth-order valence-electron chi connectivity index (χ4n) is 1.77. The van der Waals surface area contributed by atoms with Gasteiger partial charge in [0.2, 0.25) is 0 Å². The van der Waals surface area contributed by atoms with Crippen molar-refractivity contribution in [3.8, 4) is 0 Å². The Bertz CT molecular complexity index is 405. The SMILES string of the molecule is Cc1ccc(NC(C)CN(C)C)c([N+](=O)[O-])c1. The van der Waals surface area contributed by atoms with E-state index in [1.165, 1.54) is 0 Å². The van der Waals surface area contributed by atoms with Gasteiger partial charge in [-0.2, -0.15) is 0 Å². The van der Waals surface area contributed by atoms with Crippen molar-refractivity contribution in [3.05, 3.63) is 33.9 Å². The molecule has 0 saturated heterocycles. The first-order chi connectivity index (χ1) is 7.90. The predicted octanol–water partition coefficient (Wildman–Crippen LogP) is 2.27. The van der Waals surface area contributed by atoms with Gasteiger partial charge in [0.15, 0.2) is 0 Å². The van der Waals surface area contributed by atoms with Crippen LogP contribution in [0.4, 0.5) is 11.4 Å². The third-order valence-electron chi connectivity index (χ3n) is 2.39. The van der Waals surface area contributed by atoms with E-state index in [0.717, 1.165) is 12.1 Å². The normalized spacial score (nSPS) is 12.5. The largest absolute Gasteiger partial charge is 0.376 e. The topological polar surface area (TPSA) is 58.4 Å². The van der Waals surface area contributed by atoms with Crippen LogP contribution >= 0.6 is 0 Å². The molecule has 1 aromatic carbocycles. The quantitative estimate of drug-likeness (QED) is 0.630. The van der Waals surface area contributed by atoms with Crippen LogP contribution in [0.2, 0.25) is 0 Å². The first-order valence-electron chi connectivity index (χ1n) is 5.56. The Morgan fingerprint density at radius 1 is 1.47 bits per heavy atom. The number of hydrogen-bond donors (Lipinski definition) is 1. The highest BCUT2D eigenvalue weighted by Crippen LogP contribution is 2.25. The van der Waals surface area contributed by atoms with Crippen LogP contribution in [0, 0.1) is 17.0 Å². The van der Waals surface area contributed by atoms with E-state index in [-0.39, 0.29) is 16.7 Å². The molecular formula is C12H19N3O2. The number of likely N-dealkylation sites (N-methyl/N-ethyl adjacent to an activating group) is 1. The Morgan fingerprint density at radius 3 is 2.65 bits per heavy atom. The highest BCUT2D eigenvalue weighted by Gasteiger charge is 2.15. The van der Waals surface area contributed by atoms with Gasteiger partial charge >= 0.3 is 0 Å². The molecule has 17 heavy (non-hydrogen) atoms. The van der Waals surface area contributed by atoms with Crippen LogP contribution in [0.3, 0.4) is 0 Å². The number of aryl methyl sites for hydroxylation is 1. The lowest BCUT2D eigenvalue weighted by Crippen LogP contribution is -2.29. The number of nitro groups is 1. The summed E-state index contributed by atoms with van der Waals surface area (Å²) in [4.78, 5) is 12.6. The zero-order chi connectivity index (χ0) is 13.0. The molecule has 0 aliphatic heterocycles. The van der Waals surface area contributed by atoms with Gasteiger partial charge in [0.25, 0.3) is 5.69 Å². The maximum atomic E-state index is 10.9. The van der Waals surface area contributed by atoms with E-state index in [0.29, 0.717) is 5.69 Å². The minimum atomic E-state index is -0.349. The van der Waals surface area contributed by atoms with Crippen molar-refractivity contribution in [1.29, 1.82) is 0 Å². The van der Waals surface area contributed by atoms with E-state index in [1.807, 2.05) is 38.9 Å². The minimum Gasteiger partial charge on any atom is -0.376 e. The van der Waals surface area contributed by atoms with Crippen molar-refractivity contribution < 1.29 is 4.92 Å². The van der Waals surface area contributed by atoms with Crippen LogP contribution in [0.5, 0.6) is 0 Å². The molecule has 94 valence electrons. The first-order valence-corrected chi connectivity index (χ1v) is 5.56. The summed E-state index contributed by atoms with van der Waals surface area (Å²) < 4.78 is 0. The lowest BCUT2D eigenvalue weighted by atomic mass is 10.2. The fraction of sp³-hybridized carbons (Fsp3) is 0.500. The maximum Gasteiger partial charge on any atom is 0.292 e. The van der Waals surface area contributed by atoms with Crippen LogP contribution in [-0.4, -0.2) is 36.5 Å². The lowest BCUT2D eigenvalue weighted by molar-refractivity contribution is -0.384. The molecule has 0 bridgehead atoms. The van der Waals surface area contributed by atoms with Crippen LogP contribution in [0.25, 0.3) is 0 Å². The van der Waals surface area contributed by atoms with Crippen LogP contribution in [-0.2, 0) is 0 Å². The Labute approximate surface area is 102 Å². The molecule has 0 heterocycles. The van der Waals surface area contributed by atoms with Gasteiger partial charge in [-0.05, 0) is 39.6 Å². The van der Waals surface area contributed by atoms with Crippen molar-refractivity contribution in [2.45, 2.75) is 19.9 Å². The molecule has 0 aliphatic rings. The summed E-state index contributed by atoms with van der Waals surface area (Å²) in [6, 6.07) is 5.38. The summed E-state index contributed by atoms with van der Waals surface area (Å²) in [6.45, 7) is 4.68. The van der Waals surface area contributed by atoms with E-state index in [4.69, 9.17) is 0 Å². The van der Waals surface area contributed by atoms with Gasteiger partial charge in [-0.15, -0.1) is 0 Å². The van der Waals surface area contributed by atoms with E-state index in [2.05, 4.69) is 5.32 Å². The number of hydrogen-bond acceptors (Lipinski definition) is 4. The average Bonchev–Trinajstić information content (AvgIpc) is 2.19. The van der Waals surface area contributed by atoms with Crippen molar-refractivity contribution >= 4 is 11.4 Å². The van der Waals surface area contributed by atoms with E-state index < -0.39 is 0 Å². The van der Waals surface area contributed by atoms with Crippen molar-refractivity contribution in [2.75, 3.05) is 26.0 Å². The van der Waals surface area contributed by atoms with Gasteiger partial charge in [0.05, 0.1) is 4.92 Å². The molecule has 0 radical (unpaired) electrons. The molecule has 1 aromatic rings. The summed E-state index contributed by atoms with van der Waals surface area (Å²) in [5, 5.41) is 14.1. The summed E-state index contributed by atoms with van der Waals surface area (Å²) in [7, 11) is 3.95. The van der Waals surface area contributed by atoms with Gasteiger partial charge in [0.1, 0.15) is 5.69 Å². The monoisotopic (exact) mass is 237 g/mol. The molecule has 1 N–H and O–H groups in total. The predicted molar refractivity (Wildman–Crippen MR) is 69.5 cm³/mol. The molecule has 1 rings (SSSR count). The Balaban J connectivity index is 2.86. The van der Waals surface area contributed by atoms with Crippen molar-refractivity contribution in [3.63, 3.8) is 0 Å². The summed E-state index contributed by atoms with van der Waals surface area (Å²) >= 11 is 0. The number of nitro benzene ring substituents is 1. The first kappa shape index (κ1) is 13.4. The molecule has 5 nitrogen and oxygen atoms in total. The van der Waals surface area contributed by atoms with Crippen molar-refractivity contribution in [2.24, 2.45) is 0 Å². The van der Waals surface area contributed by atoms with E-state index >= 15 is 0 Å². The third-order valence-corrected chi connectivity index (χ3v) is 2.39. The lowest BCUT2D eigenvalue weighted by Gasteiger charge is -2.19. The Hall–Kier alpha value is -1.62. The van der Waals surface area contributed by atoms with Gasteiger partial charge in [-0.1, -0.05) is 6.07 Å². The molecule has 0 spiro atoms. The van der Waals surface area contributed by atoms with Crippen LogP contribution in [0.15, 0.2) is 18.2 Å². The molecule has 1 atom stereocenters. The molecule has 0 aliphatic carbocycles. The Kier molecular flexibility index (Phi) is 4.45. The average molecular weight is 237 g/mol. The molecule has 0 aromatic heterocycles. The maximum absolute atomic E-state index is 10.9. The fourth-order valence-corrected chi connectivity index (χ4v) is 1.77. The van der Waals surface area contributed by atoms with Crippen molar-refractivity contribution in [1.82, 2.24) is 4.90 Å². The molecule has 0 fully saturated rings. The molecule has 0 amide bonds. The Morgan fingerprint density at radius 2 is 2.12 bits per heavy atom. The van der Waals surface area contributed by atoms with Crippen LogP contribution in [0.1, 0.15) is 12.5 Å². The molecule has 0 saturated carbocycles. The number of anilines is 1. The van der Waals surface area contributed by atoms with E-state index in [1.54, 1.807) is 12.1 Å². The second-order valence-corrected chi connectivity index (χ2v) is 4.59.